The number of pyridine rings is 1. The van der Waals surface area contributed by atoms with E-state index in [1.165, 1.54) is 5.39 Å². The number of benzene rings is 2. The Morgan fingerprint density at radius 2 is 1.68 bits per heavy atom. The molecule has 1 fully saturated rings. The zero-order valence-corrected chi connectivity index (χ0v) is 17.2. The second-order valence-electron chi connectivity index (χ2n) is 7.70. The van der Waals surface area contributed by atoms with Crippen molar-refractivity contribution in [1.29, 1.82) is 0 Å². The Balaban J connectivity index is 1.21. The number of hydrogen-bond acceptors (Lipinski definition) is 5. The molecule has 3 heterocycles. The molecule has 4 aromatic rings. The van der Waals surface area contributed by atoms with Crippen LogP contribution in [0.2, 0.25) is 0 Å². The van der Waals surface area contributed by atoms with Crippen molar-refractivity contribution in [2.75, 3.05) is 31.1 Å². The van der Waals surface area contributed by atoms with Gasteiger partial charge >= 0.3 is 0 Å². The minimum absolute atomic E-state index is 0.175. The molecule has 154 valence electrons. The van der Waals surface area contributed by atoms with E-state index in [-0.39, 0.29) is 5.91 Å². The molecule has 2 aromatic carbocycles. The van der Waals surface area contributed by atoms with E-state index in [9.17, 15) is 4.79 Å². The van der Waals surface area contributed by atoms with Gasteiger partial charge in [0, 0.05) is 44.1 Å². The van der Waals surface area contributed by atoms with Gasteiger partial charge in [0.1, 0.15) is 0 Å². The van der Waals surface area contributed by atoms with Gasteiger partial charge in [-0.1, -0.05) is 42.5 Å². The van der Waals surface area contributed by atoms with Crippen molar-refractivity contribution in [2.24, 2.45) is 0 Å². The predicted molar refractivity (Wildman–Crippen MR) is 122 cm³/mol. The summed E-state index contributed by atoms with van der Waals surface area (Å²) in [5.74, 6) is 1.02. The number of rotatable bonds is 4. The summed E-state index contributed by atoms with van der Waals surface area (Å²) in [6.45, 7) is 2.88. The lowest BCUT2D eigenvalue weighted by molar-refractivity contribution is -0.130. The summed E-state index contributed by atoms with van der Waals surface area (Å²) >= 11 is 0. The molecule has 1 saturated heterocycles. The number of piperazine rings is 1. The Kier molecular flexibility index (Phi) is 5.27. The van der Waals surface area contributed by atoms with Crippen LogP contribution < -0.4 is 4.90 Å². The third-order valence-electron chi connectivity index (χ3n) is 5.79. The first-order valence-corrected chi connectivity index (χ1v) is 10.5. The van der Waals surface area contributed by atoms with E-state index >= 15 is 0 Å². The second kappa shape index (κ2) is 8.52. The van der Waals surface area contributed by atoms with Crippen LogP contribution >= 0.6 is 0 Å². The maximum absolute atomic E-state index is 12.9. The lowest BCUT2D eigenvalue weighted by atomic mass is 10.0. The van der Waals surface area contributed by atoms with Crippen LogP contribution in [0, 0.1) is 0 Å². The average molecular weight is 409 g/mol. The van der Waals surface area contributed by atoms with Crippen molar-refractivity contribution in [1.82, 2.24) is 20.1 Å². The number of hydrogen-bond donors (Lipinski definition) is 0. The van der Waals surface area contributed by atoms with E-state index in [1.54, 1.807) is 12.4 Å². The normalized spacial score (nSPS) is 14.1. The summed E-state index contributed by atoms with van der Waals surface area (Å²) in [5.41, 5.74) is 2.84. The number of aromatic nitrogens is 3. The van der Waals surface area contributed by atoms with Crippen molar-refractivity contribution in [2.45, 2.75) is 6.42 Å². The molecule has 0 N–H and O–H groups in total. The number of amides is 1. The third kappa shape index (κ3) is 4.10. The molecule has 0 radical (unpaired) electrons. The molecule has 0 atom stereocenters. The van der Waals surface area contributed by atoms with Crippen LogP contribution in [0.4, 0.5) is 5.82 Å². The Morgan fingerprint density at radius 1 is 0.839 bits per heavy atom. The maximum atomic E-state index is 12.9. The fourth-order valence-electron chi connectivity index (χ4n) is 4.07. The van der Waals surface area contributed by atoms with Crippen LogP contribution in [0.3, 0.4) is 0 Å². The number of nitrogens with zero attached hydrogens (tertiary/aromatic N) is 5. The minimum atomic E-state index is 0.175. The lowest BCUT2D eigenvalue weighted by Gasteiger charge is -2.35. The van der Waals surface area contributed by atoms with E-state index in [0.29, 0.717) is 19.5 Å². The van der Waals surface area contributed by atoms with Crippen molar-refractivity contribution in [3.8, 4) is 11.3 Å². The zero-order chi connectivity index (χ0) is 21.0. The Hall–Kier alpha value is -3.80. The Labute approximate surface area is 181 Å². The maximum Gasteiger partial charge on any atom is 0.227 e. The molecule has 6 nitrogen and oxygen atoms in total. The summed E-state index contributed by atoms with van der Waals surface area (Å²) in [4.78, 5) is 21.2. The molecule has 1 amide bonds. The molecule has 0 unspecified atom stereocenters. The van der Waals surface area contributed by atoms with Gasteiger partial charge in [0.05, 0.1) is 12.1 Å². The second-order valence-corrected chi connectivity index (χ2v) is 7.70. The molecule has 0 spiro atoms. The van der Waals surface area contributed by atoms with Gasteiger partial charge in [0.2, 0.25) is 5.91 Å². The highest BCUT2D eigenvalue weighted by Crippen LogP contribution is 2.21. The molecule has 1 aliphatic rings. The smallest absolute Gasteiger partial charge is 0.227 e. The molecule has 5 rings (SSSR count). The first-order chi connectivity index (χ1) is 15.3. The molecular weight excluding hydrogens is 386 g/mol. The quantitative estimate of drug-likeness (QED) is 0.516. The van der Waals surface area contributed by atoms with Gasteiger partial charge in [-0.25, -0.2) is 0 Å². The minimum Gasteiger partial charge on any atom is -0.352 e. The molecule has 0 bridgehead atoms. The lowest BCUT2D eigenvalue weighted by Crippen LogP contribution is -2.49. The van der Waals surface area contributed by atoms with Gasteiger partial charge in [0.25, 0.3) is 0 Å². The monoisotopic (exact) mass is 409 g/mol. The largest absolute Gasteiger partial charge is 0.352 e. The predicted octanol–water partition coefficient (Wildman–Crippen LogP) is 3.58. The van der Waals surface area contributed by atoms with Crippen LogP contribution in [0.5, 0.6) is 0 Å². The van der Waals surface area contributed by atoms with Crippen LogP contribution in [-0.4, -0.2) is 52.2 Å². The van der Waals surface area contributed by atoms with Crippen LogP contribution in [0.15, 0.2) is 79.1 Å². The van der Waals surface area contributed by atoms with E-state index < -0.39 is 0 Å². The topological polar surface area (TPSA) is 62.2 Å². The van der Waals surface area contributed by atoms with Gasteiger partial charge in [-0.3, -0.25) is 9.78 Å². The molecule has 1 aliphatic heterocycles. The molecule has 2 aromatic heterocycles. The molecule has 31 heavy (non-hydrogen) atoms. The van der Waals surface area contributed by atoms with Crippen molar-refractivity contribution in [3.63, 3.8) is 0 Å². The van der Waals surface area contributed by atoms with E-state index in [0.717, 1.165) is 41.1 Å². The standard InChI is InChI=1S/C25H23N5O/c31-25(17-20-7-3-6-19-5-1-2-9-22(19)20)30-15-13-29(14-16-30)24-11-10-23(27-28-24)21-8-4-12-26-18-21/h1-12,18H,13-17H2. The highest BCUT2D eigenvalue weighted by atomic mass is 16.2. The van der Waals surface area contributed by atoms with Gasteiger partial charge in [0.15, 0.2) is 5.82 Å². The van der Waals surface area contributed by atoms with E-state index in [2.05, 4.69) is 44.3 Å². The summed E-state index contributed by atoms with van der Waals surface area (Å²) in [5, 5.41) is 11.1. The summed E-state index contributed by atoms with van der Waals surface area (Å²) in [6, 6.07) is 22.2. The van der Waals surface area contributed by atoms with Crippen molar-refractivity contribution in [3.05, 3.63) is 84.7 Å². The van der Waals surface area contributed by atoms with E-state index in [4.69, 9.17) is 0 Å². The summed E-state index contributed by atoms with van der Waals surface area (Å²) in [6.07, 6.45) is 3.96. The summed E-state index contributed by atoms with van der Waals surface area (Å²) in [7, 11) is 0. The van der Waals surface area contributed by atoms with E-state index in [1.807, 2.05) is 47.4 Å². The molecule has 0 aliphatic carbocycles. The first-order valence-electron chi connectivity index (χ1n) is 10.5. The number of fused-ring (bicyclic) bond motifs is 1. The highest BCUT2D eigenvalue weighted by Gasteiger charge is 2.22. The van der Waals surface area contributed by atoms with Crippen LogP contribution in [-0.2, 0) is 11.2 Å². The summed E-state index contributed by atoms with van der Waals surface area (Å²) < 4.78 is 0. The van der Waals surface area contributed by atoms with Crippen molar-refractivity contribution < 1.29 is 4.79 Å². The number of carbonyl (C=O) groups is 1. The fraction of sp³-hybridized carbons (Fsp3) is 0.200. The number of anilines is 1. The zero-order valence-electron chi connectivity index (χ0n) is 17.2. The van der Waals surface area contributed by atoms with Crippen LogP contribution in [0.1, 0.15) is 5.56 Å². The molecular formula is C25H23N5O. The average Bonchev–Trinajstić information content (AvgIpc) is 2.85. The Morgan fingerprint density at radius 3 is 2.45 bits per heavy atom. The van der Waals surface area contributed by atoms with Crippen LogP contribution in [0.25, 0.3) is 22.0 Å². The number of carbonyl (C=O) groups excluding carboxylic acids is 1. The van der Waals surface area contributed by atoms with Gasteiger partial charge in [-0.15, -0.1) is 10.2 Å². The van der Waals surface area contributed by atoms with Gasteiger partial charge < -0.3 is 9.80 Å². The Bertz CT molecular complexity index is 1180. The first kappa shape index (κ1) is 19.2. The van der Waals surface area contributed by atoms with Crippen molar-refractivity contribution >= 4 is 22.5 Å². The third-order valence-corrected chi connectivity index (χ3v) is 5.79. The van der Waals surface area contributed by atoms with Gasteiger partial charge in [-0.05, 0) is 40.6 Å². The highest BCUT2D eigenvalue weighted by molar-refractivity contribution is 5.90. The fourth-order valence-corrected chi connectivity index (χ4v) is 4.07. The van der Waals surface area contributed by atoms with Gasteiger partial charge in [-0.2, -0.15) is 0 Å². The molecule has 0 saturated carbocycles. The SMILES string of the molecule is O=C(Cc1cccc2ccccc12)N1CCN(c2ccc(-c3cccnc3)nn2)CC1. The molecule has 6 heteroatoms.